The molecule has 3 heterocycles. The Kier molecular flexibility index (Phi) is 4.21. The second kappa shape index (κ2) is 6.36. The molecular formula is C18H24ClN5. The van der Waals surface area contributed by atoms with Crippen molar-refractivity contribution in [2.24, 2.45) is 4.99 Å². The minimum Gasteiger partial charge on any atom is -0.342 e. The molecule has 128 valence electrons. The number of aliphatic imine (C=N–C) groups is 1. The summed E-state index contributed by atoms with van der Waals surface area (Å²) in [7, 11) is 0. The van der Waals surface area contributed by atoms with Crippen LogP contribution in [0.3, 0.4) is 0 Å². The summed E-state index contributed by atoms with van der Waals surface area (Å²) in [5.74, 6) is 2.04. The zero-order valence-corrected chi connectivity index (χ0v) is 15.1. The van der Waals surface area contributed by atoms with Gasteiger partial charge in [-0.25, -0.2) is 4.99 Å². The van der Waals surface area contributed by atoms with E-state index in [0.29, 0.717) is 11.2 Å². The predicted molar refractivity (Wildman–Crippen MR) is 96.6 cm³/mol. The number of hydrogen-bond acceptors (Lipinski definition) is 4. The van der Waals surface area contributed by atoms with Gasteiger partial charge in [-0.05, 0) is 37.7 Å². The van der Waals surface area contributed by atoms with Crippen molar-refractivity contribution >= 4 is 23.1 Å². The van der Waals surface area contributed by atoms with Gasteiger partial charge in [-0.2, -0.15) is 0 Å². The number of hydrogen-bond donors (Lipinski definition) is 0. The molecule has 2 aliphatic heterocycles. The Hall–Kier alpha value is -1.62. The lowest BCUT2D eigenvalue weighted by molar-refractivity contribution is 0.218. The Morgan fingerprint density at radius 2 is 2.04 bits per heavy atom. The van der Waals surface area contributed by atoms with Gasteiger partial charge in [0.05, 0.1) is 11.7 Å². The molecule has 1 fully saturated rings. The monoisotopic (exact) mass is 345 g/mol. The molecule has 0 aromatic carbocycles. The van der Waals surface area contributed by atoms with Gasteiger partial charge in [0.1, 0.15) is 11.5 Å². The second-order valence-corrected chi connectivity index (χ2v) is 7.16. The third-order valence-electron chi connectivity index (χ3n) is 5.51. The van der Waals surface area contributed by atoms with Crippen molar-refractivity contribution in [1.29, 1.82) is 0 Å². The van der Waals surface area contributed by atoms with Gasteiger partial charge in [0, 0.05) is 6.04 Å². The van der Waals surface area contributed by atoms with Gasteiger partial charge in [0.2, 0.25) is 0 Å². The van der Waals surface area contributed by atoms with Gasteiger partial charge < -0.3 is 4.90 Å². The molecule has 1 aromatic heterocycles. The van der Waals surface area contributed by atoms with E-state index < -0.39 is 0 Å². The SMILES string of the molecule is CCC1=C(Cl)N=C2C(=CC1)n1cnnc1C(CC)N2C1CCCC1. The summed E-state index contributed by atoms with van der Waals surface area (Å²) in [5, 5.41) is 9.29. The third kappa shape index (κ3) is 2.41. The molecule has 6 heteroatoms. The zero-order chi connectivity index (χ0) is 16.7. The summed E-state index contributed by atoms with van der Waals surface area (Å²) in [6.45, 7) is 4.35. The number of amidine groups is 1. The Balaban J connectivity index is 1.89. The quantitative estimate of drug-likeness (QED) is 0.758. The van der Waals surface area contributed by atoms with Crippen molar-refractivity contribution in [2.75, 3.05) is 0 Å². The van der Waals surface area contributed by atoms with E-state index in [0.717, 1.165) is 36.6 Å². The highest BCUT2D eigenvalue weighted by Crippen LogP contribution is 2.40. The van der Waals surface area contributed by atoms with Gasteiger partial charge in [-0.1, -0.05) is 44.4 Å². The Labute approximate surface area is 148 Å². The number of rotatable bonds is 3. The molecule has 0 spiro atoms. The average Bonchev–Trinajstić information content (AvgIpc) is 3.24. The van der Waals surface area contributed by atoms with Crippen LogP contribution >= 0.6 is 11.6 Å². The van der Waals surface area contributed by atoms with E-state index in [-0.39, 0.29) is 6.04 Å². The molecule has 0 N–H and O–H groups in total. The fourth-order valence-corrected chi connectivity index (χ4v) is 4.52. The topological polar surface area (TPSA) is 46.3 Å². The molecule has 4 rings (SSSR count). The largest absolute Gasteiger partial charge is 0.342 e. The molecule has 0 saturated heterocycles. The van der Waals surface area contributed by atoms with Crippen molar-refractivity contribution in [3.8, 4) is 0 Å². The van der Waals surface area contributed by atoms with E-state index in [2.05, 4.69) is 39.6 Å². The number of nitrogens with zero attached hydrogens (tertiary/aromatic N) is 5. The van der Waals surface area contributed by atoms with Crippen LogP contribution in [0.25, 0.3) is 5.70 Å². The summed E-state index contributed by atoms with van der Waals surface area (Å²) in [5.41, 5.74) is 2.29. The lowest BCUT2D eigenvalue weighted by atomic mass is 10.0. The van der Waals surface area contributed by atoms with E-state index in [1.54, 1.807) is 0 Å². The van der Waals surface area contributed by atoms with Gasteiger partial charge in [0.25, 0.3) is 0 Å². The van der Waals surface area contributed by atoms with Crippen LogP contribution in [0, 0.1) is 0 Å². The summed E-state index contributed by atoms with van der Waals surface area (Å²) in [6.07, 6.45) is 11.8. The van der Waals surface area contributed by atoms with Crippen LogP contribution in [0.15, 0.2) is 28.1 Å². The molecule has 1 aliphatic carbocycles. The molecule has 1 unspecified atom stereocenters. The van der Waals surface area contributed by atoms with Crippen molar-refractivity contribution in [2.45, 2.75) is 70.9 Å². The summed E-state index contributed by atoms with van der Waals surface area (Å²) >= 11 is 6.56. The maximum absolute atomic E-state index is 6.56. The number of allylic oxidation sites excluding steroid dienone is 2. The predicted octanol–water partition coefficient (Wildman–Crippen LogP) is 4.49. The second-order valence-electron chi connectivity index (χ2n) is 6.81. The van der Waals surface area contributed by atoms with Crippen molar-refractivity contribution in [1.82, 2.24) is 19.7 Å². The normalized spacial score (nSPS) is 24.5. The molecular weight excluding hydrogens is 322 g/mol. The standard InChI is InChI=1S/C18H24ClN5/c1-3-12-9-10-15-17(21-16(12)19)24(13-7-5-6-8-13)14(4-2)18-22-20-11-23(15)18/h10-11,13-14H,3-9H2,1-2H3. The maximum atomic E-state index is 6.56. The first-order chi connectivity index (χ1) is 11.7. The number of halogens is 1. The van der Waals surface area contributed by atoms with Crippen molar-refractivity contribution in [3.05, 3.63) is 29.0 Å². The number of aromatic nitrogens is 3. The first-order valence-corrected chi connectivity index (χ1v) is 9.47. The fourth-order valence-electron chi connectivity index (χ4n) is 4.23. The Bertz CT molecular complexity index is 724. The fraction of sp³-hybridized carbons (Fsp3) is 0.611. The summed E-state index contributed by atoms with van der Waals surface area (Å²) < 4.78 is 2.11. The number of fused-ring (bicyclic) bond motifs is 3. The van der Waals surface area contributed by atoms with Crippen molar-refractivity contribution in [3.63, 3.8) is 0 Å². The summed E-state index contributed by atoms with van der Waals surface area (Å²) in [4.78, 5) is 7.39. The maximum Gasteiger partial charge on any atom is 0.160 e. The smallest absolute Gasteiger partial charge is 0.160 e. The zero-order valence-electron chi connectivity index (χ0n) is 14.4. The van der Waals surface area contributed by atoms with Crippen LogP contribution in [0.4, 0.5) is 0 Å². The minimum atomic E-state index is 0.221. The van der Waals surface area contributed by atoms with Gasteiger partial charge in [-0.15, -0.1) is 10.2 Å². The van der Waals surface area contributed by atoms with Crippen LogP contribution < -0.4 is 0 Å². The highest BCUT2D eigenvalue weighted by atomic mass is 35.5. The van der Waals surface area contributed by atoms with E-state index in [1.807, 2.05) is 6.33 Å². The molecule has 3 aliphatic rings. The van der Waals surface area contributed by atoms with Crippen molar-refractivity contribution < 1.29 is 0 Å². The van der Waals surface area contributed by atoms with Crippen LogP contribution in [-0.2, 0) is 0 Å². The lowest BCUT2D eigenvalue weighted by Crippen LogP contribution is -2.47. The highest BCUT2D eigenvalue weighted by Gasteiger charge is 2.40. The summed E-state index contributed by atoms with van der Waals surface area (Å²) in [6, 6.07) is 0.745. The minimum absolute atomic E-state index is 0.221. The molecule has 24 heavy (non-hydrogen) atoms. The Morgan fingerprint density at radius 1 is 1.25 bits per heavy atom. The van der Waals surface area contributed by atoms with Crippen LogP contribution in [0.2, 0.25) is 0 Å². The Morgan fingerprint density at radius 3 is 2.75 bits per heavy atom. The lowest BCUT2D eigenvalue weighted by Gasteiger charge is -2.42. The van der Waals surface area contributed by atoms with E-state index >= 15 is 0 Å². The van der Waals surface area contributed by atoms with E-state index in [4.69, 9.17) is 16.6 Å². The van der Waals surface area contributed by atoms with Crippen LogP contribution in [-0.4, -0.2) is 31.5 Å². The molecule has 5 nitrogen and oxygen atoms in total. The van der Waals surface area contributed by atoms with Gasteiger partial charge in [0.15, 0.2) is 11.7 Å². The third-order valence-corrected chi connectivity index (χ3v) is 5.86. The molecule has 1 saturated carbocycles. The average molecular weight is 346 g/mol. The van der Waals surface area contributed by atoms with E-state index in [9.17, 15) is 0 Å². The molecule has 0 amide bonds. The van der Waals surface area contributed by atoms with Crippen LogP contribution in [0.1, 0.15) is 70.7 Å². The molecule has 0 bridgehead atoms. The molecule has 0 radical (unpaired) electrons. The molecule has 1 aromatic rings. The van der Waals surface area contributed by atoms with Crippen LogP contribution in [0.5, 0.6) is 0 Å². The van der Waals surface area contributed by atoms with Gasteiger partial charge >= 0.3 is 0 Å². The first-order valence-electron chi connectivity index (χ1n) is 9.10. The highest BCUT2D eigenvalue weighted by molar-refractivity contribution is 6.32. The van der Waals surface area contributed by atoms with E-state index in [1.165, 1.54) is 31.3 Å². The van der Waals surface area contributed by atoms with Gasteiger partial charge in [-0.3, -0.25) is 4.57 Å². The molecule has 1 atom stereocenters. The first kappa shape index (κ1) is 15.9.